The molecule has 1 heterocycles. The molecule has 0 atom stereocenters. The van der Waals surface area contributed by atoms with Crippen molar-refractivity contribution in [1.29, 1.82) is 0 Å². The number of benzene rings is 4. The molecule has 0 spiro atoms. The molecule has 0 aliphatic heterocycles. The molecule has 4 aromatic carbocycles. The Morgan fingerprint density at radius 1 is 0.613 bits per heavy atom. The van der Waals surface area contributed by atoms with E-state index in [1.54, 1.807) is 0 Å². The summed E-state index contributed by atoms with van der Waals surface area (Å²) in [5, 5.41) is 0.695. The SMILES string of the molecule is Nc1ccc(-n2c(-c3ccc(Cl)cc3)nc(-c3ccccc3)c2-c2ccccc2)cc1. The first-order chi connectivity index (χ1) is 15.2. The number of halogens is 1. The number of imidazole rings is 1. The summed E-state index contributed by atoms with van der Waals surface area (Å²) in [6.07, 6.45) is 0. The minimum Gasteiger partial charge on any atom is -0.399 e. The van der Waals surface area contributed by atoms with Crippen molar-refractivity contribution < 1.29 is 0 Å². The van der Waals surface area contributed by atoms with Crippen LogP contribution in [0.2, 0.25) is 5.02 Å². The number of anilines is 1. The van der Waals surface area contributed by atoms with E-state index >= 15 is 0 Å². The van der Waals surface area contributed by atoms with Crippen LogP contribution in [0.15, 0.2) is 109 Å². The van der Waals surface area contributed by atoms with Crippen molar-refractivity contribution in [3.05, 3.63) is 114 Å². The Bertz CT molecular complexity index is 1310. The molecule has 3 nitrogen and oxygen atoms in total. The second kappa shape index (κ2) is 8.13. The van der Waals surface area contributed by atoms with Crippen LogP contribution in [-0.2, 0) is 0 Å². The number of hydrogen-bond donors (Lipinski definition) is 1. The lowest BCUT2D eigenvalue weighted by atomic mass is 10.0. The van der Waals surface area contributed by atoms with Crippen LogP contribution < -0.4 is 5.73 Å². The van der Waals surface area contributed by atoms with Crippen molar-refractivity contribution in [2.24, 2.45) is 0 Å². The summed E-state index contributed by atoms with van der Waals surface area (Å²) in [4.78, 5) is 5.14. The van der Waals surface area contributed by atoms with Gasteiger partial charge in [-0.25, -0.2) is 4.98 Å². The molecular formula is C27H20ClN3. The Kier molecular flexibility index (Phi) is 5.03. The van der Waals surface area contributed by atoms with Gasteiger partial charge in [0.2, 0.25) is 0 Å². The topological polar surface area (TPSA) is 43.8 Å². The van der Waals surface area contributed by atoms with E-state index in [-0.39, 0.29) is 0 Å². The molecule has 0 radical (unpaired) electrons. The van der Waals surface area contributed by atoms with E-state index in [1.165, 1.54) is 0 Å². The van der Waals surface area contributed by atoms with E-state index < -0.39 is 0 Å². The molecule has 5 aromatic rings. The van der Waals surface area contributed by atoms with Gasteiger partial charge in [0.15, 0.2) is 0 Å². The first-order valence-corrected chi connectivity index (χ1v) is 10.4. The van der Waals surface area contributed by atoms with Gasteiger partial charge in [0.05, 0.1) is 11.4 Å². The fourth-order valence-electron chi connectivity index (χ4n) is 3.75. The van der Waals surface area contributed by atoms with E-state index in [0.717, 1.165) is 45.3 Å². The highest BCUT2D eigenvalue weighted by atomic mass is 35.5. The van der Waals surface area contributed by atoms with Gasteiger partial charge in [-0.1, -0.05) is 72.3 Å². The van der Waals surface area contributed by atoms with Gasteiger partial charge in [-0.3, -0.25) is 4.57 Å². The van der Waals surface area contributed by atoms with E-state index in [0.29, 0.717) is 5.02 Å². The molecule has 0 aliphatic carbocycles. The molecule has 5 rings (SSSR count). The zero-order chi connectivity index (χ0) is 21.2. The van der Waals surface area contributed by atoms with Gasteiger partial charge < -0.3 is 5.73 Å². The Morgan fingerprint density at radius 3 is 1.81 bits per heavy atom. The van der Waals surface area contributed by atoms with Crippen LogP contribution in [0.25, 0.3) is 39.6 Å². The maximum Gasteiger partial charge on any atom is 0.145 e. The van der Waals surface area contributed by atoms with Crippen LogP contribution in [0.4, 0.5) is 5.69 Å². The predicted molar refractivity (Wildman–Crippen MR) is 129 cm³/mol. The highest BCUT2D eigenvalue weighted by Gasteiger charge is 2.22. The molecule has 1 aromatic heterocycles. The van der Waals surface area contributed by atoms with Gasteiger partial charge in [0.1, 0.15) is 5.82 Å². The van der Waals surface area contributed by atoms with E-state index in [4.69, 9.17) is 22.3 Å². The standard InChI is InChI=1S/C27H20ClN3/c28-22-13-11-21(12-14-22)27-30-25(19-7-3-1-4-8-19)26(20-9-5-2-6-10-20)31(27)24-17-15-23(29)16-18-24/h1-18H,29H2. The number of nitrogen functional groups attached to an aromatic ring is 1. The monoisotopic (exact) mass is 421 g/mol. The maximum atomic E-state index is 6.16. The largest absolute Gasteiger partial charge is 0.399 e. The summed E-state index contributed by atoms with van der Waals surface area (Å²) >= 11 is 6.16. The molecule has 0 amide bonds. The summed E-state index contributed by atoms with van der Waals surface area (Å²) in [5.41, 5.74) is 12.8. The third-order valence-electron chi connectivity index (χ3n) is 5.23. The van der Waals surface area contributed by atoms with Gasteiger partial charge in [0, 0.05) is 33.1 Å². The smallest absolute Gasteiger partial charge is 0.145 e. The van der Waals surface area contributed by atoms with Crippen molar-refractivity contribution in [3.8, 4) is 39.6 Å². The quantitative estimate of drug-likeness (QED) is 0.314. The molecule has 0 unspecified atom stereocenters. The molecule has 4 heteroatoms. The lowest BCUT2D eigenvalue weighted by molar-refractivity contribution is 1.07. The van der Waals surface area contributed by atoms with E-state index in [1.807, 2.05) is 84.9 Å². The van der Waals surface area contributed by atoms with Crippen LogP contribution in [0.5, 0.6) is 0 Å². The number of nitrogens with zero attached hydrogens (tertiary/aromatic N) is 2. The molecule has 0 saturated heterocycles. The van der Waals surface area contributed by atoms with Crippen molar-refractivity contribution in [3.63, 3.8) is 0 Å². The fourth-order valence-corrected chi connectivity index (χ4v) is 3.87. The minimum atomic E-state index is 0.695. The lowest BCUT2D eigenvalue weighted by Crippen LogP contribution is -2.00. The molecule has 150 valence electrons. The first kappa shape index (κ1) is 19.2. The number of aromatic nitrogens is 2. The molecule has 0 saturated carbocycles. The summed E-state index contributed by atoms with van der Waals surface area (Å²) in [5.74, 6) is 0.846. The van der Waals surface area contributed by atoms with Gasteiger partial charge in [-0.15, -0.1) is 0 Å². The fraction of sp³-hybridized carbons (Fsp3) is 0. The van der Waals surface area contributed by atoms with Gasteiger partial charge in [0.25, 0.3) is 0 Å². The average molecular weight is 422 g/mol. The number of hydrogen-bond acceptors (Lipinski definition) is 2. The minimum absolute atomic E-state index is 0.695. The zero-order valence-electron chi connectivity index (χ0n) is 16.7. The highest BCUT2D eigenvalue weighted by Crippen LogP contribution is 2.38. The van der Waals surface area contributed by atoms with Crippen LogP contribution >= 0.6 is 11.6 Å². The van der Waals surface area contributed by atoms with Crippen LogP contribution in [0.3, 0.4) is 0 Å². The zero-order valence-corrected chi connectivity index (χ0v) is 17.5. The average Bonchev–Trinajstić information content (AvgIpc) is 3.22. The highest BCUT2D eigenvalue weighted by molar-refractivity contribution is 6.30. The molecule has 2 N–H and O–H groups in total. The van der Waals surface area contributed by atoms with Crippen LogP contribution in [0, 0.1) is 0 Å². The maximum absolute atomic E-state index is 6.16. The number of rotatable bonds is 4. The summed E-state index contributed by atoms with van der Waals surface area (Å²) in [7, 11) is 0. The van der Waals surface area contributed by atoms with Gasteiger partial charge in [-0.05, 0) is 48.5 Å². The summed E-state index contributed by atoms with van der Waals surface area (Å²) < 4.78 is 2.19. The first-order valence-electron chi connectivity index (χ1n) is 10.1. The lowest BCUT2D eigenvalue weighted by Gasteiger charge is -2.14. The van der Waals surface area contributed by atoms with Gasteiger partial charge in [-0.2, -0.15) is 0 Å². The van der Waals surface area contributed by atoms with Crippen molar-refractivity contribution in [1.82, 2.24) is 9.55 Å². The summed E-state index contributed by atoms with van der Waals surface area (Å²) in [6.45, 7) is 0. The van der Waals surface area contributed by atoms with Gasteiger partial charge >= 0.3 is 0 Å². The van der Waals surface area contributed by atoms with E-state index in [9.17, 15) is 0 Å². The normalized spacial score (nSPS) is 10.9. The predicted octanol–water partition coefficient (Wildman–Crippen LogP) is 7.11. The molecule has 31 heavy (non-hydrogen) atoms. The Hall–Kier alpha value is -3.82. The number of nitrogens with two attached hydrogens (primary N) is 1. The Balaban J connectivity index is 1.87. The van der Waals surface area contributed by atoms with Crippen molar-refractivity contribution in [2.45, 2.75) is 0 Å². The van der Waals surface area contributed by atoms with Crippen molar-refractivity contribution in [2.75, 3.05) is 5.73 Å². The third kappa shape index (κ3) is 3.72. The Morgan fingerprint density at radius 2 is 1.19 bits per heavy atom. The van der Waals surface area contributed by atoms with E-state index in [2.05, 4.69) is 28.8 Å². The molecule has 0 fully saturated rings. The third-order valence-corrected chi connectivity index (χ3v) is 5.48. The molecule has 0 bridgehead atoms. The summed E-state index contributed by atoms with van der Waals surface area (Å²) in [6, 6.07) is 36.3. The Labute approximate surface area is 186 Å². The van der Waals surface area contributed by atoms with Crippen molar-refractivity contribution >= 4 is 17.3 Å². The van der Waals surface area contributed by atoms with Crippen LogP contribution in [0.1, 0.15) is 0 Å². The molecular weight excluding hydrogens is 402 g/mol. The second-order valence-corrected chi connectivity index (χ2v) is 7.73. The van der Waals surface area contributed by atoms with Crippen LogP contribution in [-0.4, -0.2) is 9.55 Å². The molecule has 0 aliphatic rings. The second-order valence-electron chi connectivity index (χ2n) is 7.30.